The van der Waals surface area contributed by atoms with E-state index in [2.05, 4.69) is 41.9 Å². The van der Waals surface area contributed by atoms with Crippen molar-refractivity contribution in [3.05, 3.63) is 93.0 Å². The number of nitrogens with zero attached hydrogens (tertiary/aromatic N) is 4. The molecule has 3 heterocycles. The number of carbonyl (C=O) groups is 1. The molecule has 0 unspecified atom stereocenters. The second-order valence-electron chi connectivity index (χ2n) is 6.33. The van der Waals surface area contributed by atoms with Gasteiger partial charge in [-0.2, -0.15) is 5.21 Å². The summed E-state index contributed by atoms with van der Waals surface area (Å²) in [6, 6.07) is 16.8. The maximum absolute atomic E-state index is 13.2. The smallest absolute Gasteiger partial charge is 0.306 e. The Bertz CT molecular complexity index is 1220. The maximum Gasteiger partial charge on any atom is 0.331 e. The number of aromatic amines is 1. The van der Waals surface area contributed by atoms with E-state index in [1.54, 1.807) is 4.90 Å². The lowest BCUT2D eigenvalue weighted by atomic mass is 9.84. The van der Waals surface area contributed by atoms with E-state index in [1.165, 1.54) is 0 Å². The number of H-pyrrole nitrogens is 1. The number of benzene rings is 2. The van der Waals surface area contributed by atoms with E-state index in [4.69, 9.17) is 11.6 Å². The fourth-order valence-electron chi connectivity index (χ4n) is 3.39. The first-order valence-electron chi connectivity index (χ1n) is 8.66. The van der Waals surface area contributed by atoms with Gasteiger partial charge in [-0.15, -0.1) is 10.2 Å². The topological polar surface area (TPSA) is 86.8 Å². The van der Waals surface area contributed by atoms with Crippen LogP contribution in [0.1, 0.15) is 11.4 Å². The quantitative estimate of drug-likeness (QED) is 0.581. The Kier molecular flexibility index (Phi) is 4.30. The van der Waals surface area contributed by atoms with E-state index in [-0.39, 0.29) is 6.03 Å². The molecule has 0 spiro atoms. The minimum absolute atomic E-state index is 0.325. The number of hydrogen-bond acceptors (Lipinski definition) is 4. The zero-order valence-corrected chi connectivity index (χ0v) is 17.1. The molecule has 0 saturated heterocycles. The molecule has 0 radical (unpaired) electrons. The number of hydrogen-bond donors (Lipinski definition) is 2. The van der Waals surface area contributed by atoms with E-state index < -0.39 is 0 Å². The van der Waals surface area contributed by atoms with Crippen LogP contribution < -0.4 is 5.32 Å². The third-order valence-corrected chi connectivity index (χ3v) is 5.63. The molecule has 2 N–H and O–H groups in total. The van der Waals surface area contributed by atoms with Crippen molar-refractivity contribution >= 4 is 50.4 Å². The van der Waals surface area contributed by atoms with Gasteiger partial charge in [-0.3, -0.25) is 4.90 Å². The normalized spacial score (nSPS) is 15.2. The van der Waals surface area contributed by atoms with E-state index >= 15 is 0 Å². The second-order valence-corrected chi connectivity index (χ2v) is 7.59. The minimum Gasteiger partial charge on any atom is -0.306 e. The number of allylic oxidation sites excluding steroid dienone is 4. The van der Waals surface area contributed by atoms with Crippen LogP contribution in [0.2, 0.25) is 0 Å². The summed E-state index contributed by atoms with van der Waals surface area (Å²) >= 11 is 10.0. The summed E-state index contributed by atoms with van der Waals surface area (Å²) in [4.78, 5) is 14.7. The highest BCUT2D eigenvalue weighted by molar-refractivity contribution is 9.10. The number of para-hydroxylation sites is 1. The van der Waals surface area contributed by atoms with Gasteiger partial charge in [0.15, 0.2) is 0 Å². The largest absolute Gasteiger partial charge is 0.331 e. The molecule has 2 aromatic carbocycles. The van der Waals surface area contributed by atoms with Crippen LogP contribution >= 0.6 is 27.5 Å². The van der Waals surface area contributed by atoms with E-state index in [0.717, 1.165) is 15.6 Å². The Balaban J connectivity index is 1.60. The monoisotopic (exact) mass is 466 g/mol. The van der Waals surface area contributed by atoms with Crippen molar-refractivity contribution in [2.45, 2.75) is 0 Å². The zero-order chi connectivity index (χ0) is 20.0. The predicted octanol–water partition coefficient (Wildman–Crippen LogP) is 4.77. The summed E-state index contributed by atoms with van der Waals surface area (Å²) in [6.07, 6.45) is 1.85. The van der Waals surface area contributed by atoms with Crippen LogP contribution in [0.25, 0.3) is 11.1 Å². The first-order valence-corrected chi connectivity index (χ1v) is 9.83. The fraction of sp³-hybridized carbons (Fsp3) is 0. The molecule has 5 rings (SSSR count). The molecular formula is C20H12BrClN6O. The summed E-state index contributed by atoms with van der Waals surface area (Å²) in [5.74, 6) is 0.389. The summed E-state index contributed by atoms with van der Waals surface area (Å²) in [7, 11) is 0. The zero-order valence-electron chi connectivity index (χ0n) is 14.7. The Labute approximate surface area is 178 Å². The van der Waals surface area contributed by atoms with Crippen LogP contribution in [0.4, 0.5) is 10.5 Å². The Morgan fingerprint density at radius 3 is 2.55 bits per heavy atom. The highest BCUT2D eigenvalue weighted by atomic mass is 79.9. The molecule has 0 fully saturated rings. The Morgan fingerprint density at radius 2 is 1.83 bits per heavy atom. The van der Waals surface area contributed by atoms with Gasteiger partial charge in [0.25, 0.3) is 0 Å². The number of carbonyl (C=O) groups excluding carboxylic acids is 1. The predicted molar refractivity (Wildman–Crippen MR) is 113 cm³/mol. The van der Waals surface area contributed by atoms with Crippen molar-refractivity contribution in [1.29, 1.82) is 0 Å². The maximum atomic E-state index is 13.2. The van der Waals surface area contributed by atoms with Gasteiger partial charge in [-0.25, -0.2) is 4.79 Å². The van der Waals surface area contributed by atoms with E-state index in [0.29, 0.717) is 33.5 Å². The van der Waals surface area contributed by atoms with Crippen LogP contribution in [-0.4, -0.2) is 31.6 Å². The van der Waals surface area contributed by atoms with Gasteiger partial charge in [0, 0.05) is 10.0 Å². The number of rotatable bonds is 3. The highest BCUT2D eigenvalue weighted by Crippen LogP contribution is 2.53. The number of halogens is 2. The molecule has 0 atom stereocenters. The van der Waals surface area contributed by atoms with Gasteiger partial charge in [0.05, 0.1) is 27.7 Å². The van der Waals surface area contributed by atoms with Gasteiger partial charge in [-0.1, -0.05) is 54.1 Å². The van der Waals surface area contributed by atoms with Crippen LogP contribution in [0, 0.1) is 0 Å². The molecule has 3 aromatic rings. The lowest BCUT2D eigenvalue weighted by Crippen LogP contribution is -2.43. The molecular weight excluding hydrogens is 456 g/mol. The molecule has 2 amide bonds. The molecule has 2 aliphatic heterocycles. The standard InChI is InChI=1S/C20H12BrClN6O/c21-13-8-4-5-9-15(13)23-20(29)28-17-12(11-6-2-1-3-7-11)10-14(22)18(28)16(17)19-24-26-27-25-19/h1-10H,(H,23,29)(H,24,25,26,27). The molecule has 1 aromatic heterocycles. The molecule has 2 aliphatic rings. The lowest BCUT2D eigenvalue weighted by molar-refractivity contribution is 0.233. The van der Waals surface area contributed by atoms with Gasteiger partial charge in [0.1, 0.15) is 0 Å². The van der Waals surface area contributed by atoms with Crippen LogP contribution in [0.5, 0.6) is 0 Å². The van der Waals surface area contributed by atoms with Crippen molar-refractivity contribution < 1.29 is 4.79 Å². The van der Waals surface area contributed by atoms with Gasteiger partial charge in [-0.05, 0) is 44.9 Å². The summed E-state index contributed by atoms with van der Waals surface area (Å²) in [5, 5.41) is 17.6. The number of fused-ring (bicyclic) bond motifs is 2. The summed E-state index contributed by atoms with van der Waals surface area (Å²) in [6.45, 7) is 0. The van der Waals surface area contributed by atoms with Crippen molar-refractivity contribution in [2.24, 2.45) is 0 Å². The fourth-order valence-corrected chi connectivity index (χ4v) is 4.07. The van der Waals surface area contributed by atoms with Crippen molar-refractivity contribution in [2.75, 3.05) is 5.32 Å². The van der Waals surface area contributed by atoms with Crippen molar-refractivity contribution in [3.63, 3.8) is 0 Å². The van der Waals surface area contributed by atoms with Gasteiger partial charge >= 0.3 is 6.03 Å². The Hall–Kier alpha value is -3.23. The first kappa shape index (κ1) is 17.8. The molecule has 0 aliphatic carbocycles. The minimum atomic E-state index is -0.325. The number of anilines is 1. The number of nitrogens with one attached hydrogen (secondary N) is 2. The van der Waals surface area contributed by atoms with E-state index in [9.17, 15) is 4.79 Å². The molecule has 7 nitrogen and oxygen atoms in total. The van der Waals surface area contributed by atoms with Crippen LogP contribution in [0.15, 0.2) is 81.6 Å². The second kappa shape index (κ2) is 6.98. The molecule has 9 heteroatoms. The van der Waals surface area contributed by atoms with Crippen LogP contribution in [0.3, 0.4) is 0 Å². The summed E-state index contributed by atoms with van der Waals surface area (Å²) in [5.41, 5.74) is 4.32. The molecule has 29 heavy (non-hydrogen) atoms. The molecule has 0 saturated carbocycles. The van der Waals surface area contributed by atoms with Crippen molar-refractivity contribution in [3.8, 4) is 0 Å². The first-order chi connectivity index (χ1) is 14.1. The van der Waals surface area contributed by atoms with E-state index in [1.807, 2.05) is 60.7 Å². The van der Waals surface area contributed by atoms with Crippen molar-refractivity contribution in [1.82, 2.24) is 25.5 Å². The number of tetrazole rings is 1. The third kappa shape index (κ3) is 2.88. The number of amides is 2. The molecule has 142 valence electrons. The number of aromatic nitrogens is 4. The van der Waals surface area contributed by atoms with Crippen LogP contribution in [-0.2, 0) is 0 Å². The summed E-state index contributed by atoms with van der Waals surface area (Å²) < 4.78 is 0.783. The third-order valence-electron chi connectivity index (χ3n) is 4.65. The molecule has 2 bridgehead atoms. The number of urea groups is 1. The Morgan fingerprint density at radius 1 is 1.07 bits per heavy atom. The van der Waals surface area contributed by atoms with Gasteiger partial charge in [0.2, 0.25) is 5.82 Å². The SMILES string of the molecule is O=C(Nc1ccccc1Br)N1c2c(Cl)cc(-c3ccccc3)c1c2-c1nn[nH]n1. The average Bonchev–Trinajstić information content (AvgIpc) is 3.23. The highest BCUT2D eigenvalue weighted by Gasteiger charge is 2.46. The average molecular weight is 468 g/mol. The lowest BCUT2D eigenvalue weighted by Gasteiger charge is -2.42. The van der Waals surface area contributed by atoms with Gasteiger partial charge < -0.3 is 5.32 Å².